The summed E-state index contributed by atoms with van der Waals surface area (Å²) in [5.41, 5.74) is 2.12. The second-order valence-corrected chi connectivity index (χ2v) is 6.74. The van der Waals surface area contributed by atoms with E-state index in [0.29, 0.717) is 11.4 Å². The third-order valence-electron chi connectivity index (χ3n) is 4.02. The maximum absolute atomic E-state index is 12.5. The third kappa shape index (κ3) is 3.77. The van der Waals surface area contributed by atoms with Gasteiger partial charge in [0.15, 0.2) is 0 Å². The number of halogens is 1. The van der Waals surface area contributed by atoms with Crippen LogP contribution in [0, 0.1) is 0 Å². The molecule has 134 valence electrons. The van der Waals surface area contributed by atoms with Crippen LogP contribution in [0.4, 0.5) is 0 Å². The zero-order valence-electron chi connectivity index (χ0n) is 14.4. The Labute approximate surface area is 159 Å². The molecule has 0 radical (unpaired) electrons. The molecule has 1 amide bonds. The number of fused-ring (bicyclic) bond motifs is 1. The molecule has 26 heavy (non-hydrogen) atoms. The molecule has 3 rings (SSSR count). The van der Waals surface area contributed by atoms with E-state index in [-0.39, 0.29) is 18.4 Å². The van der Waals surface area contributed by atoms with E-state index in [9.17, 15) is 9.59 Å². The molecule has 3 aromatic rings. The van der Waals surface area contributed by atoms with Crippen molar-refractivity contribution in [3.8, 4) is 0 Å². The van der Waals surface area contributed by atoms with Crippen molar-refractivity contribution in [1.29, 1.82) is 0 Å². The first kappa shape index (κ1) is 18.1. The molecule has 0 aliphatic heterocycles. The van der Waals surface area contributed by atoms with Crippen molar-refractivity contribution in [1.82, 2.24) is 14.9 Å². The molecule has 0 aliphatic rings. The highest BCUT2D eigenvalue weighted by Gasteiger charge is 2.20. The number of rotatable bonds is 5. The van der Waals surface area contributed by atoms with Crippen molar-refractivity contribution in [2.45, 2.75) is 19.5 Å². The van der Waals surface area contributed by atoms with E-state index in [4.69, 9.17) is 4.74 Å². The van der Waals surface area contributed by atoms with E-state index < -0.39 is 6.04 Å². The van der Waals surface area contributed by atoms with Crippen molar-refractivity contribution in [3.63, 3.8) is 0 Å². The largest absolute Gasteiger partial charge is 0.468 e. The van der Waals surface area contributed by atoms with E-state index in [1.807, 2.05) is 37.3 Å². The predicted molar refractivity (Wildman–Crippen MR) is 102 cm³/mol. The van der Waals surface area contributed by atoms with E-state index >= 15 is 0 Å². The molecule has 1 atom stereocenters. The Kier molecular flexibility index (Phi) is 5.37. The van der Waals surface area contributed by atoms with Gasteiger partial charge >= 0.3 is 5.97 Å². The summed E-state index contributed by atoms with van der Waals surface area (Å²) in [5.74, 6) is 0.00957. The number of amides is 1. The SMILES string of the molecule is COC(=O)Cn1c(C(C)NC(=O)c2cccc(Br)c2)nc2ccccc21. The van der Waals surface area contributed by atoms with Gasteiger partial charge < -0.3 is 14.6 Å². The Morgan fingerprint density at radius 3 is 2.73 bits per heavy atom. The van der Waals surface area contributed by atoms with Crippen LogP contribution in [0.2, 0.25) is 0 Å². The molecule has 1 unspecified atom stereocenters. The van der Waals surface area contributed by atoms with Gasteiger partial charge in [-0.25, -0.2) is 4.98 Å². The van der Waals surface area contributed by atoms with Crippen LogP contribution in [0.25, 0.3) is 11.0 Å². The van der Waals surface area contributed by atoms with Crippen LogP contribution in [0.1, 0.15) is 29.1 Å². The topological polar surface area (TPSA) is 73.2 Å². The number of imidazole rings is 1. The number of esters is 1. The van der Waals surface area contributed by atoms with Gasteiger partial charge in [0.25, 0.3) is 5.91 Å². The number of nitrogens with zero attached hydrogens (tertiary/aromatic N) is 2. The summed E-state index contributed by atoms with van der Waals surface area (Å²) in [6.07, 6.45) is 0. The van der Waals surface area contributed by atoms with Crippen molar-refractivity contribution in [2.24, 2.45) is 0 Å². The molecule has 0 bridgehead atoms. The van der Waals surface area contributed by atoms with Gasteiger partial charge in [0.1, 0.15) is 12.4 Å². The normalized spacial score (nSPS) is 12.0. The molecule has 7 heteroatoms. The summed E-state index contributed by atoms with van der Waals surface area (Å²) in [4.78, 5) is 28.9. The van der Waals surface area contributed by atoms with Crippen LogP contribution < -0.4 is 5.32 Å². The van der Waals surface area contributed by atoms with Crippen LogP contribution in [-0.2, 0) is 16.1 Å². The quantitative estimate of drug-likeness (QED) is 0.647. The van der Waals surface area contributed by atoms with E-state index in [1.54, 1.807) is 22.8 Å². The summed E-state index contributed by atoms with van der Waals surface area (Å²) in [5, 5.41) is 2.94. The number of benzene rings is 2. The van der Waals surface area contributed by atoms with Gasteiger partial charge in [0, 0.05) is 10.0 Å². The van der Waals surface area contributed by atoms with Crippen LogP contribution >= 0.6 is 15.9 Å². The highest BCUT2D eigenvalue weighted by atomic mass is 79.9. The summed E-state index contributed by atoms with van der Waals surface area (Å²) in [6.45, 7) is 1.87. The van der Waals surface area contributed by atoms with Crippen molar-refractivity contribution in [2.75, 3.05) is 7.11 Å². The molecular formula is C19H18BrN3O3. The Hall–Kier alpha value is -2.67. The van der Waals surface area contributed by atoms with Gasteiger partial charge in [-0.15, -0.1) is 0 Å². The minimum Gasteiger partial charge on any atom is -0.468 e. The Balaban J connectivity index is 1.92. The smallest absolute Gasteiger partial charge is 0.325 e. The number of carbonyl (C=O) groups is 2. The first-order valence-corrected chi connectivity index (χ1v) is 8.87. The Morgan fingerprint density at radius 1 is 1.23 bits per heavy atom. The summed E-state index contributed by atoms with van der Waals surface area (Å²) in [7, 11) is 1.35. The maximum Gasteiger partial charge on any atom is 0.325 e. The zero-order valence-corrected chi connectivity index (χ0v) is 16.0. The lowest BCUT2D eigenvalue weighted by molar-refractivity contribution is -0.141. The summed E-state index contributed by atoms with van der Waals surface area (Å²) < 4.78 is 7.39. The van der Waals surface area contributed by atoms with Gasteiger partial charge in [0.2, 0.25) is 0 Å². The zero-order chi connectivity index (χ0) is 18.7. The van der Waals surface area contributed by atoms with Gasteiger partial charge in [-0.05, 0) is 37.3 Å². The van der Waals surface area contributed by atoms with Crippen LogP contribution in [0.3, 0.4) is 0 Å². The summed E-state index contributed by atoms with van der Waals surface area (Å²) >= 11 is 3.36. The predicted octanol–water partition coefficient (Wildman–Crippen LogP) is 3.46. The highest BCUT2D eigenvalue weighted by molar-refractivity contribution is 9.10. The van der Waals surface area contributed by atoms with Gasteiger partial charge in [-0.3, -0.25) is 9.59 Å². The Morgan fingerprint density at radius 2 is 2.00 bits per heavy atom. The fourth-order valence-corrected chi connectivity index (χ4v) is 3.16. The van der Waals surface area contributed by atoms with Gasteiger partial charge in [-0.2, -0.15) is 0 Å². The standard InChI is InChI=1S/C19H18BrN3O3/c1-12(21-19(25)13-6-5-7-14(20)10-13)18-22-15-8-3-4-9-16(15)23(18)11-17(24)26-2/h3-10,12H,11H2,1-2H3,(H,21,25). The summed E-state index contributed by atoms with van der Waals surface area (Å²) in [6, 6.07) is 14.3. The number of aromatic nitrogens is 2. The van der Waals surface area contributed by atoms with E-state index in [0.717, 1.165) is 15.5 Å². The van der Waals surface area contributed by atoms with Crippen molar-refractivity contribution >= 4 is 38.8 Å². The molecule has 0 fully saturated rings. The lowest BCUT2D eigenvalue weighted by Crippen LogP contribution is -2.29. The number of ether oxygens (including phenoxy) is 1. The molecule has 0 spiro atoms. The lowest BCUT2D eigenvalue weighted by atomic mass is 10.2. The van der Waals surface area contributed by atoms with Gasteiger partial charge in [-0.1, -0.05) is 34.1 Å². The second-order valence-electron chi connectivity index (χ2n) is 5.83. The molecule has 1 heterocycles. The van der Waals surface area contributed by atoms with E-state index in [1.165, 1.54) is 7.11 Å². The average Bonchev–Trinajstić information content (AvgIpc) is 3.00. The fraction of sp³-hybridized carbons (Fsp3) is 0.211. The highest BCUT2D eigenvalue weighted by Crippen LogP contribution is 2.21. The molecule has 0 saturated heterocycles. The average molecular weight is 416 g/mol. The first-order valence-electron chi connectivity index (χ1n) is 8.08. The Bertz CT molecular complexity index is 968. The molecule has 6 nitrogen and oxygen atoms in total. The number of hydrogen-bond acceptors (Lipinski definition) is 4. The molecule has 0 saturated carbocycles. The molecular weight excluding hydrogens is 398 g/mol. The number of para-hydroxylation sites is 2. The number of hydrogen-bond donors (Lipinski definition) is 1. The number of methoxy groups -OCH3 is 1. The van der Waals surface area contributed by atoms with E-state index in [2.05, 4.69) is 26.2 Å². The number of nitrogens with one attached hydrogen (secondary N) is 1. The van der Waals surface area contributed by atoms with Gasteiger partial charge in [0.05, 0.1) is 24.2 Å². The van der Waals surface area contributed by atoms with Crippen molar-refractivity contribution in [3.05, 3.63) is 64.4 Å². The third-order valence-corrected chi connectivity index (χ3v) is 4.51. The molecule has 0 aliphatic carbocycles. The second kappa shape index (κ2) is 7.70. The van der Waals surface area contributed by atoms with Crippen molar-refractivity contribution < 1.29 is 14.3 Å². The lowest BCUT2D eigenvalue weighted by Gasteiger charge is -2.16. The fourth-order valence-electron chi connectivity index (χ4n) is 2.76. The molecule has 1 N–H and O–H groups in total. The maximum atomic E-state index is 12.5. The monoisotopic (exact) mass is 415 g/mol. The van der Waals surface area contributed by atoms with Crippen LogP contribution in [0.5, 0.6) is 0 Å². The number of carbonyl (C=O) groups excluding carboxylic acids is 2. The molecule has 2 aromatic carbocycles. The molecule has 1 aromatic heterocycles. The minimum absolute atomic E-state index is 0.0312. The first-order chi connectivity index (χ1) is 12.5. The van der Waals surface area contributed by atoms with Crippen LogP contribution in [-0.4, -0.2) is 28.5 Å². The minimum atomic E-state index is -0.390. The van der Waals surface area contributed by atoms with Crippen LogP contribution in [0.15, 0.2) is 53.0 Å².